The summed E-state index contributed by atoms with van der Waals surface area (Å²) in [7, 11) is 0. The van der Waals surface area contributed by atoms with Gasteiger partial charge in [0.1, 0.15) is 0 Å². The van der Waals surface area contributed by atoms with E-state index in [4.69, 9.17) is 4.74 Å². The number of benzene rings is 1. The number of aryl methyl sites for hydroxylation is 1. The fraction of sp³-hybridized carbons (Fsp3) is 0.625. The van der Waals surface area contributed by atoms with Crippen LogP contribution >= 0.6 is 0 Å². The number of rotatable bonds is 10. The maximum absolute atomic E-state index is 5.59. The summed E-state index contributed by atoms with van der Waals surface area (Å²) in [6, 6.07) is 10.7. The minimum absolute atomic E-state index is 0.943. The average molecular weight is 234 g/mol. The van der Waals surface area contributed by atoms with Crippen molar-refractivity contribution in [3.8, 4) is 0 Å². The second-order valence-corrected chi connectivity index (χ2v) is 4.62. The molecule has 0 atom stereocenters. The standard InChI is InChI=1S/C16H26O/c1-2-3-9-14-17-15-10-5-8-13-16-11-6-4-7-12-16/h4,6-7,11-12H,2-3,5,8-10,13-15H2,1H3. The highest BCUT2D eigenvalue weighted by atomic mass is 16.5. The molecule has 17 heavy (non-hydrogen) atoms. The molecule has 0 amide bonds. The molecule has 0 aliphatic heterocycles. The molecule has 0 aromatic heterocycles. The second-order valence-electron chi connectivity index (χ2n) is 4.62. The molecule has 0 bridgehead atoms. The topological polar surface area (TPSA) is 9.23 Å². The first-order valence-corrected chi connectivity index (χ1v) is 7.05. The van der Waals surface area contributed by atoms with Gasteiger partial charge >= 0.3 is 0 Å². The van der Waals surface area contributed by atoms with Crippen LogP contribution in [0.1, 0.15) is 51.0 Å². The van der Waals surface area contributed by atoms with Gasteiger partial charge in [0, 0.05) is 13.2 Å². The Morgan fingerprint density at radius 2 is 1.53 bits per heavy atom. The molecule has 0 spiro atoms. The molecular weight excluding hydrogens is 208 g/mol. The molecule has 1 rings (SSSR count). The zero-order valence-corrected chi connectivity index (χ0v) is 11.2. The van der Waals surface area contributed by atoms with Gasteiger partial charge in [0.05, 0.1) is 0 Å². The lowest BCUT2D eigenvalue weighted by Gasteiger charge is -2.04. The summed E-state index contributed by atoms with van der Waals surface area (Å²) >= 11 is 0. The maximum Gasteiger partial charge on any atom is 0.0466 e. The third-order valence-electron chi connectivity index (χ3n) is 2.99. The lowest BCUT2D eigenvalue weighted by molar-refractivity contribution is 0.126. The van der Waals surface area contributed by atoms with E-state index in [9.17, 15) is 0 Å². The van der Waals surface area contributed by atoms with E-state index < -0.39 is 0 Å². The summed E-state index contributed by atoms with van der Waals surface area (Å²) in [6.07, 6.45) is 8.77. The molecular formula is C16H26O. The molecule has 1 nitrogen and oxygen atoms in total. The van der Waals surface area contributed by atoms with Crippen LogP contribution in [0.2, 0.25) is 0 Å². The molecule has 0 radical (unpaired) electrons. The fourth-order valence-electron chi connectivity index (χ4n) is 1.91. The normalized spacial score (nSPS) is 10.6. The minimum Gasteiger partial charge on any atom is -0.381 e. The van der Waals surface area contributed by atoms with Crippen molar-refractivity contribution in [3.63, 3.8) is 0 Å². The third kappa shape index (κ3) is 7.98. The number of unbranched alkanes of at least 4 members (excludes halogenated alkanes) is 4. The zero-order valence-electron chi connectivity index (χ0n) is 11.2. The van der Waals surface area contributed by atoms with Crippen molar-refractivity contribution in [2.24, 2.45) is 0 Å². The van der Waals surface area contributed by atoms with Crippen LogP contribution in [0.4, 0.5) is 0 Å². The van der Waals surface area contributed by atoms with Crippen LogP contribution < -0.4 is 0 Å². The van der Waals surface area contributed by atoms with E-state index >= 15 is 0 Å². The van der Waals surface area contributed by atoms with E-state index in [1.54, 1.807) is 0 Å². The summed E-state index contributed by atoms with van der Waals surface area (Å²) < 4.78 is 5.59. The van der Waals surface area contributed by atoms with Crippen molar-refractivity contribution < 1.29 is 4.74 Å². The van der Waals surface area contributed by atoms with Gasteiger partial charge in [0.15, 0.2) is 0 Å². The van der Waals surface area contributed by atoms with Crippen molar-refractivity contribution >= 4 is 0 Å². The van der Waals surface area contributed by atoms with Gasteiger partial charge in [-0.1, -0.05) is 56.5 Å². The molecule has 0 aliphatic carbocycles. The molecule has 0 heterocycles. The molecule has 1 heteroatoms. The van der Waals surface area contributed by atoms with Gasteiger partial charge in [-0.2, -0.15) is 0 Å². The van der Waals surface area contributed by atoms with Crippen LogP contribution in [0.3, 0.4) is 0 Å². The largest absolute Gasteiger partial charge is 0.381 e. The molecule has 0 N–H and O–H groups in total. The Labute approximate surface area is 106 Å². The molecule has 0 saturated carbocycles. The van der Waals surface area contributed by atoms with E-state index in [1.807, 2.05) is 0 Å². The summed E-state index contributed by atoms with van der Waals surface area (Å²) in [5.41, 5.74) is 1.45. The van der Waals surface area contributed by atoms with Gasteiger partial charge < -0.3 is 4.74 Å². The highest BCUT2D eigenvalue weighted by Crippen LogP contribution is 2.06. The van der Waals surface area contributed by atoms with Gasteiger partial charge in [-0.3, -0.25) is 0 Å². The maximum atomic E-state index is 5.59. The smallest absolute Gasteiger partial charge is 0.0466 e. The zero-order chi connectivity index (χ0) is 12.2. The third-order valence-corrected chi connectivity index (χ3v) is 2.99. The first-order chi connectivity index (χ1) is 8.43. The van der Waals surface area contributed by atoms with Crippen LogP contribution in [0, 0.1) is 0 Å². The molecule has 1 aromatic carbocycles. The highest BCUT2D eigenvalue weighted by molar-refractivity contribution is 5.14. The Hall–Kier alpha value is -0.820. The van der Waals surface area contributed by atoms with E-state index in [2.05, 4.69) is 37.3 Å². The predicted octanol–water partition coefficient (Wildman–Crippen LogP) is 4.61. The fourth-order valence-corrected chi connectivity index (χ4v) is 1.91. The SMILES string of the molecule is CCCCCOCCCCCc1ccccc1. The average Bonchev–Trinajstić information content (AvgIpc) is 2.38. The Morgan fingerprint density at radius 3 is 2.24 bits per heavy atom. The van der Waals surface area contributed by atoms with Crippen molar-refractivity contribution in [2.45, 2.75) is 51.9 Å². The van der Waals surface area contributed by atoms with Crippen LogP contribution in [-0.4, -0.2) is 13.2 Å². The molecule has 0 aliphatic rings. The van der Waals surface area contributed by atoms with Gasteiger partial charge in [0.2, 0.25) is 0 Å². The van der Waals surface area contributed by atoms with Crippen molar-refractivity contribution in [3.05, 3.63) is 35.9 Å². The lowest BCUT2D eigenvalue weighted by Crippen LogP contribution is -1.97. The van der Waals surface area contributed by atoms with Crippen LogP contribution in [0.15, 0.2) is 30.3 Å². The Kier molecular flexibility index (Phi) is 8.66. The van der Waals surface area contributed by atoms with Gasteiger partial charge in [-0.25, -0.2) is 0 Å². The summed E-state index contributed by atoms with van der Waals surface area (Å²) in [5, 5.41) is 0. The van der Waals surface area contributed by atoms with Gasteiger partial charge in [-0.15, -0.1) is 0 Å². The Bertz CT molecular complexity index is 255. The van der Waals surface area contributed by atoms with E-state index in [0.29, 0.717) is 0 Å². The van der Waals surface area contributed by atoms with E-state index in [0.717, 1.165) is 13.2 Å². The van der Waals surface area contributed by atoms with Crippen molar-refractivity contribution in [1.29, 1.82) is 0 Å². The number of hydrogen-bond donors (Lipinski definition) is 0. The second kappa shape index (κ2) is 10.3. The van der Waals surface area contributed by atoms with Gasteiger partial charge in [-0.05, 0) is 31.2 Å². The molecule has 1 aromatic rings. The molecule has 0 saturated heterocycles. The van der Waals surface area contributed by atoms with Crippen molar-refractivity contribution in [2.75, 3.05) is 13.2 Å². The van der Waals surface area contributed by atoms with E-state index in [1.165, 1.54) is 50.5 Å². The van der Waals surface area contributed by atoms with Crippen LogP contribution in [0.5, 0.6) is 0 Å². The first-order valence-electron chi connectivity index (χ1n) is 7.05. The van der Waals surface area contributed by atoms with Crippen LogP contribution in [0.25, 0.3) is 0 Å². The lowest BCUT2D eigenvalue weighted by atomic mass is 10.1. The number of hydrogen-bond acceptors (Lipinski definition) is 1. The van der Waals surface area contributed by atoms with E-state index in [-0.39, 0.29) is 0 Å². The predicted molar refractivity (Wildman–Crippen MR) is 74.3 cm³/mol. The van der Waals surface area contributed by atoms with Gasteiger partial charge in [0.25, 0.3) is 0 Å². The quantitative estimate of drug-likeness (QED) is 0.537. The Balaban J connectivity index is 1.85. The molecule has 0 unspecified atom stereocenters. The van der Waals surface area contributed by atoms with Crippen molar-refractivity contribution in [1.82, 2.24) is 0 Å². The molecule has 0 fully saturated rings. The summed E-state index contributed by atoms with van der Waals surface area (Å²) in [5.74, 6) is 0. The Morgan fingerprint density at radius 1 is 0.824 bits per heavy atom. The first kappa shape index (κ1) is 14.2. The van der Waals surface area contributed by atoms with Crippen LogP contribution in [-0.2, 0) is 11.2 Å². The summed E-state index contributed by atoms with van der Waals surface area (Å²) in [6.45, 7) is 4.12. The number of ether oxygens (including phenoxy) is 1. The molecule has 96 valence electrons. The minimum atomic E-state index is 0.943. The highest BCUT2D eigenvalue weighted by Gasteiger charge is 1.93. The monoisotopic (exact) mass is 234 g/mol. The summed E-state index contributed by atoms with van der Waals surface area (Å²) in [4.78, 5) is 0.